The van der Waals surface area contributed by atoms with Crippen LogP contribution in [-0.2, 0) is 0 Å². The molecule has 84 valence electrons. The monoisotopic (exact) mass is 289 g/mol. The Kier molecular flexibility index (Phi) is 4.46. The van der Waals surface area contributed by atoms with Gasteiger partial charge in [-0.3, -0.25) is 0 Å². The van der Waals surface area contributed by atoms with E-state index in [-0.39, 0.29) is 13.5 Å². The van der Waals surface area contributed by atoms with Crippen molar-refractivity contribution in [1.29, 1.82) is 0 Å². The number of hydrogen-bond acceptors (Lipinski definition) is 2. The van der Waals surface area contributed by atoms with E-state index in [2.05, 4.69) is 27.8 Å². The molecule has 1 heterocycles. The highest BCUT2D eigenvalue weighted by molar-refractivity contribution is 9.10. The molecule has 0 aromatic carbocycles. The molecule has 2 nitrogen and oxygen atoms in total. The number of nitrogens with zero attached hydrogens (tertiary/aromatic N) is 1. The number of ether oxygens (including phenoxy) is 1. The summed E-state index contributed by atoms with van der Waals surface area (Å²) in [5, 5.41) is 0. The van der Waals surface area contributed by atoms with Crippen LogP contribution in [0.25, 0.3) is 0 Å². The average molecular weight is 290 g/mol. The summed E-state index contributed by atoms with van der Waals surface area (Å²) < 4.78 is 6.77. The predicted octanol–water partition coefficient (Wildman–Crippen LogP) is 3.44. The molecular formula is C11H16BrNOS. The molecule has 1 aromatic rings. The second-order valence-corrected chi connectivity index (χ2v) is 4.73. The van der Waals surface area contributed by atoms with Gasteiger partial charge in [-0.05, 0) is 54.6 Å². The molecular weight excluding hydrogens is 274 g/mol. The van der Waals surface area contributed by atoms with Crippen molar-refractivity contribution in [2.24, 2.45) is 5.92 Å². The highest BCUT2D eigenvalue weighted by Crippen LogP contribution is 2.34. The predicted molar refractivity (Wildman–Crippen MR) is 69.9 cm³/mol. The van der Waals surface area contributed by atoms with Crippen molar-refractivity contribution in [3.63, 3.8) is 0 Å². The summed E-state index contributed by atoms with van der Waals surface area (Å²) in [5.74, 6) is 1.49. The van der Waals surface area contributed by atoms with Gasteiger partial charge in [0.15, 0.2) is 0 Å². The molecule has 0 N–H and O–H groups in total. The Bertz CT molecular complexity index is 341. The van der Waals surface area contributed by atoms with E-state index in [0.29, 0.717) is 6.10 Å². The van der Waals surface area contributed by atoms with Crippen molar-refractivity contribution >= 4 is 29.4 Å². The number of pyridine rings is 1. The third-order valence-corrected chi connectivity index (χ3v) is 3.43. The van der Waals surface area contributed by atoms with Gasteiger partial charge >= 0.3 is 0 Å². The summed E-state index contributed by atoms with van der Waals surface area (Å²) in [7, 11) is 0. The van der Waals surface area contributed by atoms with E-state index < -0.39 is 0 Å². The van der Waals surface area contributed by atoms with Gasteiger partial charge in [-0.2, -0.15) is 13.5 Å². The lowest BCUT2D eigenvalue weighted by molar-refractivity contribution is 0.189. The number of halogens is 1. The van der Waals surface area contributed by atoms with Crippen LogP contribution in [0.1, 0.15) is 25.5 Å². The number of aromatic nitrogens is 1. The van der Waals surface area contributed by atoms with Crippen molar-refractivity contribution in [3.05, 3.63) is 22.3 Å². The molecule has 1 aliphatic rings. The third-order valence-electron chi connectivity index (χ3n) is 2.59. The maximum atomic E-state index is 5.74. The van der Waals surface area contributed by atoms with Crippen LogP contribution in [-0.4, -0.2) is 11.1 Å². The lowest BCUT2D eigenvalue weighted by Crippen LogP contribution is -2.14. The van der Waals surface area contributed by atoms with Gasteiger partial charge in [-0.15, -0.1) is 0 Å². The zero-order valence-electron chi connectivity index (χ0n) is 8.96. The minimum atomic E-state index is 0. The normalized spacial score (nSPS) is 16.7. The summed E-state index contributed by atoms with van der Waals surface area (Å²) >= 11 is 3.42. The van der Waals surface area contributed by atoms with Crippen LogP contribution in [0.3, 0.4) is 0 Å². The molecule has 0 radical (unpaired) electrons. The van der Waals surface area contributed by atoms with E-state index in [1.807, 2.05) is 19.1 Å². The Morgan fingerprint density at radius 3 is 2.67 bits per heavy atom. The van der Waals surface area contributed by atoms with Crippen LogP contribution >= 0.6 is 29.4 Å². The van der Waals surface area contributed by atoms with Crippen molar-refractivity contribution in [1.82, 2.24) is 4.98 Å². The minimum absolute atomic E-state index is 0. The maximum absolute atomic E-state index is 5.74. The van der Waals surface area contributed by atoms with Crippen LogP contribution in [0.4, 0.5) is 0 Å². The molecule has 0 aliphatic heterocycles. The first kappa shape index (κ1) is 12.8. The first-order valence-electron chi connectivity index (χ1n) is 4.96. The molecule has 2 rings (SSSR count). The fraction of sp³-hybridized carbons (Fsp3) is 0.545. The average Bonchev–Trinajstić information content (AvgIpc) is 2.94. The Balaban J connectivity index is 0.00000112. The Morgan fingerprint density at radius 1 is 1.47 bits per heavy atom. The fourth-order valence-electron chi connectivity index (χ4n) is 1.44. The van der Waals surface area contributed by atoms with E-state index in [4.69, 9.17) is 4.74 Å². The van der Waals surface area contributed by atoms with Gasteiger partial charge in [-0.1, -0.05) is 0 Å². The van der Waals surface area contributed by atoms with Crippen molar-refractivity contribution in [2.45, 2.75) is 32.8 Å². The summed E-state index contributed by atoms with van der Waals surface area (Å²) in [5.41, 5.74) is 0.977. The van der Waals surface area contributed by atoms with Crippen LogP contribution in [0.15, 0.2) is 16.6 Å². The molecule has 1 aromatic heterocycles. The van der Waals surface area contributed by atoms with E-state index in [0.717, 1.165) is 22.0 Å². The standard InChI is InChI=1S/C11H14BrNO.H2S/c1-7-10(12)5-6-11(13-7)14-8(2)9-3-4-9;/h5-6,8-9H,3-4H2,1-2H3;1H2. The summed E-state index contributed by atoms with van der Waals surface area (Å²) in [6, 6.07) is 3.90. The van der Waals surface area contributed by atoms with Gasteiger partial charge in [0, 0.05) is 10.5 Å². The highest BCUT2D eigenvalue weighted by Gasteiger charge is 2.29. The lowest BCUT2D eigenvalue weighted by atomic mass is 10.3. The molecule has 1 unspecified atom stereocenters. The molecule has 1 aliphatic carbocycles. The van der Waals surface area contributed by atoms with Crippen molar-refractivity contribution in [2.75, 3.05) is 0 Å². The van der Waals surface area contributed by atoms with Crippen LogP contribution in [0, 0.1) is 12.8 Å². The van der Waals surface area contributed by atoms with Crippen LogP contribution in [0.2, 0.25) is 0 Å². The molecule has 1 saturated carbocycles. The SMILES string of the molecule is Cc1nc(OC(C)C2CC2)ccc1Br.S. The van der Waals surface area contributed by atoms with E-state index in [1.54, 1.807) is 0 Å². The van der Waals surface area contributed by atoms with Gasteiger partial charge in [0.25, 0.3) is 0 Å². The summed E-state index contributed by atoms with van der Waals surface area (Å²) in [4.78, 5) is 4.35. The van der Waals surface area contributed by atoms with Crippen molar-refractivity contribution in [3.8, 4) is 5.88 Å². The molecule has 4 heteroatoms. The first-order chi connectivity index (χ1) is 6.66. The number of aryl methyl sites for hydroxylation is 1. The molecule has 1 fully saturated rings. The van der Waals surface area contributed by atoms with Crippen LogP contribution < -0.4 is 4.74 Å². The van der Waals surface area contributed by atoms with E-state index in [9.17, 15) is 0 Å². The van der Waals surface area contributed by atoms with Gasteiger partial charge < -0.3 is 4.74 Å². The van der Waals surface area contributed by atoms with Gasteiger partial charge in [0.2, 0.25) is 5.88 Å². The van der Waals surface area contributed by atoms with Gasteiger partial charge in [-0.25, -0.2) is 4.98 Å². The summed E-state index contributed by atoms with van der Waals surface area (Å²) in [6.45, 7) is 4.09. The van der Waals surface area contributed by atoms with Crippen molar-refractivity contribution < 1.29 is 4.74 Å². The second-order valence-electron chi connectivity index (χ2n) is 3.88. The fourth-order valence-corrected chi connectivity index (χ4v) is 1.66. The molecule has 0 spiro atoms. The summed E-state index contributed by atoms with van der Waals surface area (Å²) in [6.07, 6.45) is 2.91. The zero-order valence-corrected chi connectivity index (χ0v) is 11.5. The van der Waals surface area contributed by atoms with Crippen LogP contribution in [0.5, 0.6) is 5.88 Å². The first-order valence-corrected chi connectivity index (χ1v) is 5.76. The third kappa shape index (κ3) is 3.38. The smallest absolute Gasteiger partial charge is 0.213 e. The molecule has 0 saturated heterocycles. The highest BCUT2D eigenvalue weighted by atomic mass is 79.9. The van der Waals surface area contributed by atoms with Gasteiger partial charge in [0.1, 0.15) is 6.10 Å². The Hall–Kier alpha value is -0.220. The molecule has 0 amide bonds. The van der Waals surface area contributed by atoms with E-state index >= 15 is 0 Å². The quantitative estimate of drug-likeness (QED) is 0.850. The largest absolute Gasteiger partial charge is 0.474 e. The lowest BCUT2D eigenvalue weighted by Gasteiger charge is -2.13. The number of hydrogen-bond donors (Lipinski definition) is 0. The Labute approximate surface area is 106 Å². The maximum Gasteiger partial charge on any atom is 0.213 e. The molecule has 15 heavy (non-hydrogen) atoms. The van der Waals surface area contributed by atoms with E-state index in [1.165, 1.54) is 12.8 Å². The topological polar surface area (TPSA) is 22.1 Å². The molecule has 1 atom stereocenters. The zero-order chi connectivity index (χ0) is 10.1. The van der Waals surface area contributed by atoms with Gasteiger partial charge in [0.05, 0.1) is 5.69 Å². The Morgan fingerprint density at radius 2 is 2.13 bits per heavy atom. The minimum Gasteiger partial charge on any atom is -0.474 e. The second kappa shape index (κ2) is 5.21. The number of rotatable bonds is 3. The molecule has 0 bridgehead atoms.